The molecule has 2 unspecified atom stereocenters. The number of amides is 2. The SMILES string of the molecule is O=C1CCC(C(=O)NS(=O)O)N1. The first-order chi connectivity index (χ1) is 5.59. The molecular weight excluding hydrogens is 184 g/mol. The molecule has 0 aromatic heterocycles. The molecule has 1 fully saturated rings. The molecule has 2 amide bonds. The summed E-state index contributed by atoms with van der Waals surface area (Å²) in [5, 5.41) is 2.36. The average molecular weight is 192 g/mol. The third kappa shape index (κ3) is 2.28. The zero-order valence-electron chi connectivity index (χ0n) is 6.07. The van der Waals surface area contributed by atoms with Crippen LogP contribution in [0.1, 0.15) is 12.8 Å². The van der Waals surface area contributed by atoms with Crippen LogP contribution in [0.25, 0.3) is 0 Å². The first-order valence-electron chi connectivity index (χ1n) is 3.30. The first-order valence-corrected chi connectivity index (χ1v) is 4.41. The summed E-state index contributed by atoms with van der Waals surface area (Å²) in [6.07, 6.45) is 0.665. The van der Waals surface area contributed by atoms with E-state index in [1.807, 2.05) is 0 Å². The number of nitrogens with one attached hydrogen (secondary N) is 2. The van der Waals surface area contributed by atoms with Crippen LogP contribution >= 0.6 is 0 Å². The highest BCUT2D eigenvalue weighted by Gasteiger charge is 2.27. The third-order valence-corrected chi connectivity index (χ3v) is 1.88. The Labute approximate surface area is 71.1 Å². The van der Waals surface area contributed by atoms with E-state index in [1.54, 1.807) is 4.72 Å². The molecule has 0 aromatic carbocycles. The van der Waals surface area contributed by atoms with Gasteiger partial charge >= 0.3 is 0 Å². The van der Waals surface area contributed by atoms with Crippen molar-refractivity contribution in [3.8, 4) is 0 Å². The van der Waals surface area contributed by atoms with Crippen LogP contribution in [0, 0.1) is 0 Å². The summed E-state index contributed by atoms with van der Waals surface area (Å²) in [6.45, 7) is 0. The fourth-order valence-electron chi connectivity index (χ4n) is 0.968. The quantitative estimate of drug-likeness (QED) is 0.465. The topological polar surface area (TPSA) is 95.5 Å². The molecule has 1 aliphatic rings. The Morgan fingerprint density at radius 2 is 2.42 bits per heavy atom. The summed E-state index contributed by atoms with van der Waals surface area (Å²) in [5.74, 6) is -0.833. The molecule has 1 aliphatic heterocycles. The van der Waals surface area contributed by atoms with Gasteiger partial charge in [-0.3, -0.25) is 18.9 Å². The normalized spacial score (nSPS) is 24.8. The second-order valence-electron chi connectivity index (χ2n) is 2.37. The lowest BCUT2D eigenvalue weighted by molar-refractivity contribution is -0.124. The van der Waals surface area contributed by atoms with Crippen LogP contribution < -0.4 is 10.0 Å². The Morgan fingerprint density at radius 3 is 2.83 bits per heavy atom. The summed E-state index contributed by atoms with van der Waals surface area (Å²) < 4.78 is 20.2. The number of carbonyl (C=O) groups excluding carboxylic acids is 2. The fraction of sp³-hybridized carbons (Fsp3) is 0.600. The molecule has 0 bridgehead atoms. The van der Waals surface area contributed by atoms with Crippen LogP contribution in [0.3, 0.4) is 0 Å². The van der Waals surface area contributed by atoms with Crippen molar-refractivity contribution in [3.05, 3.63) is 0 Å². The molecular formula is C5H8N2O4S. The van der Waals surface area contributed by atoms with Crippen molar-refractivity contribution in [2.24, 2.45) is 0 Å². The minimum absolute atomic E-state index is 0.209. The highest BCUT2D eigenvalue weighted by Crippen LogP contribution is 2.05. The van der Waals surface area contributed by atoms with Gasteiger partial charge in [-0.2, -0.15) is 0 Å². The monoisotopic (exact) mass is 192 g/mol. The van der Waals surface area contributed by atoms with Gasteiger partial charge < -0.3 is 5.32 Å². The van der Waals surface area contributed by atoms with Gasteiger partial charge in [0.25, 0.3) is 17.2 Å². The molecule has 12 heavy (non-hydrogen) atoms. The summed E-state index contributed by atoms with van der Waals surface area (Å²) >= 11 is -2.35. The summed E-state index contributed by atoms with van der Waals surface area (Å²) in [7, 11) is 0. The lowest BCUT2D eigenvalue weighted by atomic mass is 10.2. The van der Waals surface area contributed by atoms with Crippen molar-refractivity contribution in [2.45, 2.75) is 18.9 Å². The van der Waals surface area contributed by atoms with Crippen LogP contribution in [-0.2, 0) is 20.9 Å². The minimum atomic E-state index is -2.35. The second-order valence-corrected chi connectivity index (χ2v) is 3.08. The van der Waals surface area contributed by atoms with E-state index < -0.39 is 23.2 Å². The zero-order valence-corrected chi connectivity index (χ0v) is 6.89. The lowest BCUT2D eigenvalue weighted by Crippen LogP contribution is -2.42. The molecule has 3 N–H and O–H groups in total. The second kappa shape index (κ2) is 3.63. The predicted octanol–water partition coefficient (Wildman–Crippen LogP) is -1.48. The molecule has 6 nitrogen and oxygen atoms in total. The first kappa shape index (κ1) is 9.14. The predicted molar refractivity (Wildman–Crippen MR) is 40.1 cm³/mol. The number of hydrogen-bond donors (Lipinski definition) is 3. The van der Waals surface area contributed by atoms with Gasteiger partial charge in [-0.05, 0) is 6.42 Å². The molecule has 1 rings (SSSR count). The number of hydrogen-bond acceptors (Lipinski definition) is 3. The maximum atomic E-state index is 10.9. The van der Waals surface area contributed by atoms with Gasteiger partial charge in [-0.15, -0.1) is 0 Å². The van der Waals surface area contributed by atoms with Crippen LogP contribution in [-0.4, -0.2) is 26.6 Å². The third-order valence-electron chi connectivity index (χ3n) is 1.50. The van der Waals surface area contributed by atoms with E-state index in [1.165, 1.54) is 0 Å². The average Bonchev–Trinajstić information content (AvgIpc) is 2.34. The van der Waals surface area contributed by atoms with Gasteiger partial charge in [0.2, 0.25) is 5.91 Å². The van der Waals surface area contributed by atoms with Crippen molar-refractivity contribution < 1.29 is 18.4 Å². The fourth-order valence-corrected chi connectivity index (χ4v) is 1.28. The van der Waals surface area contributed by atoms with E-state index >= 15 is 0 Å². The van der Waals surface area contributed by atoms with Crippen LogP contribution in [0.15, 0.2) is 0 Å². The standard InChI is InChI=1S/C5H8N2O4S/c8-4-2-1-3(6-4)5(9)7-12(10)11/h3H,1-2H2,(H,6,8)(H,7,9)(H,10,11). The van der Waals surface area contributed by atoms with Crippen molar-refractivity contribution in [1.82, 2.24) is 10.0 Å². The van der Waals surface area contributed by atoms with Gasteiger partial charge in [-0.1, -0.05) is 0 Å². The minimum Gasteiger partial charge on any atom is -0.344 e. The van der Waals surface area contributed by atoms with E-state index in [2.05, 4.69) is 5.32 Å². The molecule has 0 spiro atoms. The molecule has 0 aliphatic carbocycles. The van der Waals surface area contributed by atoms with E-state index in [0.29, 0.717) is 6.42 Å². The van der Waals surface area contributed by atoms with E-state index in [9.17, 15) is 13.8 Å². The van der Waals surface area contributed by atoms with Crippen LogP contribution in [0.2, 0.25) is 0 Å². The Morgan fingerprint density at radius 1 is 1.75 bits per heavy atom. The van der Waals surface area contributed by atoms with Gasteiger partial charge in [0.15, 0.2) is 0 Å². The number of carbonyl (C=O) groups is 2. The van der Waals surface area contributed by atoms with Crippen molar-refractivity contribution in [3.63, 3.8) is 0 Å². The Hall–Kier alpha value is -0.950. The Bertz CT molecular complexity index is 242. The molecule has 1 saturated heterocycles. The molecule has 7 heteroatoms. The molecule has 68 valence electrons. The van der Waals surface area contributed by atoms with Gasteiger partial charge in [0.05, 0.1) is 0 Å². The van der Waals surface area contributed by atoms with Gasteiger partial charge in [-0.25, -0.2) is 4.21 Å². The zero-order chi connectivity index (χ0) is 9.14. The Balaban J connectivity index is 2.43. The van der Waals surface area contributed by atoms with Crippen molar-refractivity contribution >= 4 is 23.1 Å². The molecule has 1 heterocycles. The smallest absolute Gasteiger partial charge is 0.261 e. The summed E-state index contributed by atoms with van der Waals surface area (Å²) in [6, 6.07) is -0.659. The van der Waals surface area contributed by atoms with Crippen molar-refractivity contribution in [2.75, 3.05) is 0 Å². The maximum absolute atomic E-state index is 10.9. The van der Waals surface area contributed by atoms with Crippen LogP contribution in [0.4, 0.5) is 0 Å². The lowest BCUT2D eigenvalue weighted by Gasteiger charge is -2.06. The van der Waals surface area contributed by atoms with E-state index in [-0.39, 0.29) is 12.3 Å². The molecule has 0 saturated carbocycles. The maximum Gasteiger partial charge on any atom is 0.261 e. The summed E-state index contributed by atoms with van der Waals surface area (Å²) in [4.78, 5) is 21.5. The number of rotatable bonds is 2. The largest absolute Gasteiger partial charge is 0.344 e. The van der Waals surface area contributed by atoms with Crippen molar-refractivity contribution in [1.29, 1.82) is 0 Å². The highest BCUT2D eigenvalue weighted by molar-refractivity contribution is 7.77. The van der Waals surface area contributed by atoms with Crippen LogP contribution in [0.5, 0.6) is 0 Å². The molecule has 0 radical (unpaired) electrons. The highest BCUT2D eigenvalue weighted by atomic mass is 32.2. The Kier molecular flexibility index (Phi) is 2.77. The van der Waals surface area contributed by atoms with Gasteiger partial charge in [0, 0.05) is 6.42 Å². The summed E-state index contributed by atoms with van der Waals surface area (Å²) in [5.41, 5.74) is 0. The van der Waals surface area contributed by atoms with E-state index in [0.717, 1.165) is 0 Å². The van der Waals surface area contributed by atoms with E-state index in [4.69, 9.17) is 4.55 Å². The molecule has 0 aromatic rings. The molecule has 2 atom stereocenters. The van der Waals surface area contributed by atoms with Gasteiger partial charge in [0.1, 0.15) is 6.04 Å².